The maximum atomic E-state index is 12.1. The molecule has 1 heterocycles. The van der Waals surface area contributed by atoms with Gasteiger partial charge >= 0.3 is 0 Å². The number of Topliss-reactive ketones (excluding diaryl/α,β-unsaturated/α-hetero) is 1. The number of morpholine rings is 1. The number of halogens is 1. The summed E-state index contributed by atoms with van der Waals surface area (Å²) in [6.45, 7) is 6.68. The minimum atomic E-state index is 0.109. The zero-order valence-corrected chi connectivity index (χ0v) is 12.2. The fourth-order valence-electron chi connectivity index (χ4n) is 2.55. The molecule has 1 aromatic carbocycles. The van der Waals surface area contributed by atoms with Gasteiger partial charge in [-0.3, -0.25) is 9.69 Å². The van der Waals surface area contributed by atoms with E-state index in [0.29, 0.717) is 17.0 Å². The van der Waals surface area contributed by atoms with Gasteiger partial charge in [0.1, 0.15) is 0 Å². The molecule has 1 fully saturated rings. The Balaban J connectivity index is 1.89. The van der Waals surface area contributed by atoms with Crippen molar-refractivity contribution in [3.05, 3.63) is 34.9 Å². The number of hydrogen-bond donors (Lipinski definition) is 0. The van der Waals surface area contributed by atoms with Gasteiger partial charge in [0.15, 0.2) is 5.78 Å². The highest BCUT2D eigenvalue weighted by Gasteiger charge is 2.22. The topological polar surface area (TPSA) is 29.5 Å². The van der Waals surface area contributed by atoms with E-state index in [1.165, 1.54) is 0 Å². The van der Waals surface area contributed by atoms with E-state index in [1.54, 1.807) is 12.1 Å². The predicted molar refractivity (Wildman–Crippen MR) is 76.8 cm³/mol. The standard InChI is InChI=1S/C15H20ClNO2/c1-11-9-17(10-12(2)19-11)8-7-15(18)13-5-3-4-6-14(13)16/h3-6,11-12H,7-10H2,1-2H3. The van der Waals surface area contributed by atoms with E-state index in [4.69, 9.17) is 16.3 Å². The molecule has 1 aliphatic rings. The Morgan fingerprint density at radius 2 is 1.95 bits per heavy atom. The lowest BCUT2D eigenvalue weighted by Crippen LogP contribution is -2.46. The number of hydrogen-bond acceptors (Lipinski definition) is 3. The summed E-state index contributed by atoms with van der Waals surface area (Å²) in [6, 6.07) is 7.23. The van der Waals surface area contributed by atoms with Crippen LogP contribution in [0.2, 0.25) is 5.02 Å². The molecule has 0 aliphatic carbocycles. The normalized spacial score (nSPS) is 24.4. The van der Waals surface area contributed by atoms with Crippen molar-refractivity contribution in [2.24, 2.45) is 0 Å². The molecule has 1 aliphatic heterocycles. The van der Waals surface area contributed by atoms with Crippen LogP contribution in [0, 0.1) is 0 Å². The number of ether oxygens (including phenoxy) is 1. The quantitative estimate of drug-likeness (QED) is 0.795. The molecule has 0 spiro atoms. The van der Waals surface area contributed by atoms with Crippen LogP contribution in [-0.4, -0.2) is 42.5 Å². The summed E-state index contributed by atoms with van der Waals surface area (Å²) < 4.78 is 5.68. The van der Waals surface area contributed by atoms with Crippen molar-refractivity contribution in [2.45, 2.75) is 32.5 Å². The van der Waals surface area contributed by atoms with E-state index in [0.717, 1.165) is 19.6 Å². The predicted octanol–water partition coefficient (Wildman–Crippen LogP) is 3.02. The zero-order chi connectivity index (χ0) is 13.8. The number of rotatable bonds is 4. The highest BCUT2D eigenvalue weighted by atomic mass is 35.5. The van der Waals surface area contributed by atoms with Gasteiger partial charge in [0, 0.05) is 31.6 Å². The lowest BCUT2D eigenvalue weighted by atomic mass is 10.1. The van der Waals surface area contributed by atoms with Crippen LogP contribution in [0.25, 0.3) is 0 Å². The summed E-state index contributed by atoms with van der Waals surface area (Å²) in [5, 5.41) is 0.538. The molecule has 0 radical (unpaired) electrons. The van der Waals surface area contributed by atoms with E-state index in [2.05, 4.69) is 18.7 Å². The van der Waals surface area contributed by atoms with E-state index >= 15 is 0 Å². The Labute approximate surface area is 119 Å². The van der Waals surface area contributed by atoms with Gasteiger partial charge in [0.05, 0.1) is 17.2 Å². The molecule has 0 saturated carbocycles. The minimum Gasteiger partial charge on any atom is -0.373 e. The fourth-order valence-corrected chi connectivity index (χ4v) is 2.79. The number of carbonyl (C=O) groups is 1. The van der Waals surface area contributed by atoms with Gasteiger partial charge in [-0.25, -0.2) is 0 Å². The van der Waals surface area contributed by atoms with E-state index in [1.807, 2.05) is 12.1 Å². The number of carbonyl (C=O) groups excluding carboxylic acids is 1. The smallest absolute Gasteiger partial charge is 0.165 e. The molecule has 2 atom stereocenters. The molecule has 0 bridgehead atoms. The second-order valence-electron chi connectivity index (χ2n) is 5.17. The monoisotopic (exact) mass is 281 g/mol. The van der Waals surface area contributed by atoms with E-state index in [9.17, 15) is 4.79 Å². The molecule has 1 aromatic rings. The van der Waals surface area contributed by atoms with Gasteiger partial charge in [-0.15, -0.1) is 0 Å². The number of ketones is 1. The zero-order valence-electron chi connectivity index (χ0n) is 11.4. The molecule has 1 saturated heterocycles. The second-order valence-corrected chi connectivity index (χ2v) is 5.58. The first kappa shape index (κ1) is 14.5. The van der Waals surface area contributed by atoms with Crippen LogP contribution >= 0.6 is 11.6 Å². The maximum absolute atomic E-state index is 12.1. The Morgan fingerprint density at radius 3 is 2.58 bits per heavy atom. The third-order valence-electron chi connectivity index (χ3n) is 3.32. The summed E-state index contributed by atoms with van der Waals surface area (Å²) >= 11 is 6.03. The van der Waals surface area contributed by atoms with Gasteiger partial charge < -0.3 is 4.74 Å². The van der Waals surface area contributed by atoms with Gasteiger partial charge in [0.2, 0.25) is 0 Å². The molecule has 2 unspecified atom stereocenters. The van der Waals surface area contributed by atoms with Crippen LogP contribution in [0.3, 0.4) is 0 Å². The van der Waals surface area contributed by atoms with Crippen molar-refractivity contribution in [1.29, 1.82) is 0 Å². The van der Waals surface area contributed by atoms with Crippen molar-refractivity contribution >= 4 is 17.4 Å². The van der Waals surface area contributed by atoms with Gasteiger partial charge in [-0.2, -0.15) is 0 Å². The number of nitrogens with zero attached hydrogens (tertiary/aromatic N) is 1. The first-order chi connectivity index (χ1) is 9.06. The molecular weight excluding hydrogens is 262 g/mol. The number of benzene rings is 1. The Morgan fingerprint density at radius 1 is 1.32 bits per heavy atom. The van der Waals surface area contributed by atoms with Crippen LogP contribution in [0.1, 0.15) is 30.6 Å². The van der Waals surface area contributed by atoms with Crippen LogP contribution in [-0.2, 0) is 4.74 Å². The molecule has 19 heavy (non-hydrogen) atoms. The average molecular weight is 282 g/mol. The highest BCUT2D eigenvalue weighted by molar-refractivity contribution is 6.33. The lowest BCUT2D eigenvalue weighted by Gasteiger charge is -2.35. The van der Waals surface area contributed by atoms with E-state index in [-0.39, 0.29) is 18.0 Å². The maximum Gasteiger partial charge on any atom is 0.165 e. The third kappa shape index (κ3) is 4.03. The molecule has 2 rings (SSSR count). The van der Waals surface area contributed by atoms with Crippen LogP contribution in [0.4, 0.5) is 0 Å². The first-order valence-electron chi connectivity index (χ1n) is 6.72. The Hall–Kier alpha value is -0.900. The second kappa shape index (κ2) is 6.51. The SMILES string of the molecule is CC1CN(CCC(=O)c2ccccc2Cl)CC(C)O1. The van der Waals surface area contributed by atoms with Gasteiger partial charge in [-0.05, 0) is 26.0 Å². The molecule has 0 aromatic heterocycles. The average Bonchev–Trinajstić information content (AvgIpc) is 2.35. The molecule has 0 amide bonds. The van der Waals surface area contributed by atoms with Crippen LogP contribution in [0.15, 0.2) is 24.3 Å². The van der Waals surface area contributed by atoms with Gasteiger partial charge in [-0.1, -0.05) is 23.7 Å². The summed E-state index contributed by atoms with van der Waals surface area (Å²) in [4.78, 5) is 14.4. The largest absolute Gasteiger partial charge is 0.373 e. The summed E-state index contributed by atoms with van der Waals surface area (Å²) in [5.74, 6) is 0.109. The van der Waals surface area contributed by atoms with Crippen molar-refractivity contribution in [1.82, 2.24) is 4.90 Å². The molecule has 3 nitrogen and oxygen atoms in total. The van der Waals surface area contributed by atoms with Gasteiger partial charge in [0.25, 0.3) is 0 Å². The summed E-state index contributed by atoms with van der Waals surface area (Å²) in [5.41, 5.74) is 0.624. The van der Waals surface area contributed by atoms with Crippen molar-refractivity contribution in [3.63, 3.8) is 0 Å². The van der Waals surface area contributed by atoms with Crippen molar-refractivity contribution in [2.75, 3.05) is 19.6 Å². The summed E-state index contributed by atoms with van der Waals surface area (Å²) in [7, 11) is 0. The Kier molecular flexibility index (Phi) is 4.97. The van der Waals surface area contributed by atoms with Crippen molar-refractivity contribution < 1.29 is 9.53 Å². The molecule has 4 heteroatoms. The minimum absolute atomic E-state index is 0.109. The van der Waals surface area contributed by atoms with Crippen LogP contribution in [0.5, 0.6) is 0 Å². The lowest BCUT2D eigenvalue weighted by molar-refractivity contribution is -0.0675. The summed E-state index contributed by atoms with van der Waals surface area (Å²) in [6.07, 6.45) is 0.974. The van der Waals surface area contributed by atoms with Crippen molar-refractivity contribution in [3.8, 4) is 0 Å². The third-order valence-corrected chi connectivity index (χ3v) is 3.65. The Bertz CT molecular complexity index is 440. The molecule has 104 valence electrons. The molecule has 0 N–H and O–H groups in total. The van der Waals surface area contributed by atoms with Crippen LogP contribution < -0.4 is 0 Å². The first-order valence-corrected chi connectivity index (χ1v) is 7.09. The fraction of sp³-hybridized carbons (Fsp3) is 0.533. The highest BCUT2D eigenvalue weighted by Crippen LogP contribution is 2.17. The molecular formula is C15H20ClNO2. The van der Waals surface area contributed by atoms with E-state index < -0.39 is 0 Å².